The molecule has 64 heavy (non-hydrogen) atoms. The minimum atomic E-state index is 0.743. The van der Waals surface area contributed by atoms with Gasteiger partial charge in [0.25, 0.3) is 0 Å². The zero-order valence-corrected chi connectivity index (χ0v) is 44.4. The first kappa shape index (κ1) is 60.6. The first-order valence-electron chi connectivity index (χ1n) is 29.8. The van der Waals surface area contributed by atoms with Crippen LogP contribution in [0.5, 0.6) is 17.2 Å². The average Bonchev–Trinajstić information content (AvgIpc) is 3.30. The van der Waals surface area contributed by atoms with Crippen molar-refractivity contribution in [1.29, 1.82) is 0 Å². The van der Waals surface area contributed by atoms with Crippen LogP contribution in [-0.4, -0.2) is 19.8 Å². The van der Waals surface area contributed by atoms with E-state index in [0.29, 0.717) is 0 Å². The summed E-state index contributed by atoms with van der Waals surface area (Å²) >= 11 is 0. The summed E-state index contributed by atoms with van der Waals surface area (Å²) in [6.07, 6.45) is 66.6. The van der Waals surface area contributed by atoms with Gasteiger partial charge in [-0.1, -0.05) is 316 Å². The van der Waals surface area contributed by atoms with Crippen LogP contribution < -0.4 is 14.2 Å². The van der Waals surface area contributed by atoms with Crippen LogP contribution in [0.25, 0.3) is 0 Å². The second-order valence-electron chi connectivity index (χ2n) is 20.5. The molecule has 1 aromatic rings. The van der Waals surface area contributed by atoms with Gasteiger partial charge in [-0.2, -0.15) is 0 Å². The molecule has 0 aliphatic carbocycles. The molecule has 0 bridgehead atoms. The van der Waals surface area contributed by atoms with E-state index in [1.165, 1.54) is 289 Å². The van der Waals surface area contributed by atoms with Crippen LogP contribution >= 0.6 is 0 Å². The van der Waals surface area contributed by atoms with Crippen molar-refractivity contribution >= 4 is 0 Å². The van der Waals surface area contributed by atoms with Gasteiger partial charge in [-0.05, 0) is 37.8 Å². The van der Waals surface area contributed by atoms with Crippen LogP contribution in [0, 0.1) is 6.92 Å². The van der Waals surface area contributed by atoms with Gasteiger partial charge >= 0.3 is 0 Å². The Morgan fingerprint density at radius 1 is 0.234 bits per heavy atom. The van der Waals surface area contributed by atoms with Crippen molar-refractivity contribution in [1.82, 2.24) is 0 Å². The van der Waals surface area contributed by atoms with Crippen molar-refractivity contribution in [2.75, 3.05) is 19.8 Å². The minimum Gasteiger partial charge on any atom is -0.490 e. The van der Waals surface area contributed by atoms with Gasteiger partial charge in [0.2, 0.25) is 5.75 Å². The Kier molecular flexibility index (Phi) is 48.3. The summed E-state index contributed by atoms with van der Waals surface area (Å²) in [6.45, 7) is 11.4. The molecule has 0 saturated carbocycles. The van der Waals surface area contributed by atoms with E-state index in [1.807, 2.05) is 0 Å². The molecule has 378 valence electrons. The lowest BCUT2D eigenvalue weighted by Crippen LogP contribution is -2.07. The third-order valence-electron chi connectivity index (χ3n) is 14.0. The van der Waals surface area contributed by atoms with Crippen LogP contribution in [0.1, 0.15) is 335 Å². The molecule has 0 spiro atoms. The molecular formula is C61H116O3. The lowest BCUT2D eigenvalue weighted by molar-refractivity contribution is 0.233. The van der Waals surface area contributed by atoms with Gasteiger partial charge in [-0.3, -0.25) is 0 Å². The maximum atomic E-state index is 6.59. The molecule has 0 fully saturated rings. The van der Waals surface area contributed by atoms with Crippen molar-refractivity contribution in [3.05, 3.63) is 17.7 Å². The third-order valence-corrected chi connectivity index (χ3v) is 14.0. The van der Waals surface area contributed by atoms with Crippen LogP contribution in [0.15, 0.2) is 12.1 Å². The second-order valence-corrected chi connectivity index (χ2v) is 20.5. The van der Waals surface area contributed by atoms with E-state index in [9.17, 15) is 0 Å². The lowest BCUT2D eigenvalue weighted by atomic mass is 10.0. The summed E-state index contributed by atoms with van der Waals surface area (Å²) in [7, 11) is 0. The number of benzene rings is 1. The fourth-order valence-corrected chi connectivity index (χ4v) is 9.55. The van der Waals surface area contributed by atoms with Gasteiger partial charge in [-0.15, -0.1) is 0 Å². The average molecular weight is 898 g/mol. The van der Waals surface area contributed by atoms with Gasteiger partial charge in [0.05, 0.1) is 19.8 Å². The van der Waals surface area contributed by atoms with E-state index >= 15 is 0 Å². The summed E-state index contributed by atoms with van der Waals surface area (Å²) in [6, 6.07) is 4.31. The van der Waals surface area contributed by atoms with Gasteiger partial charge in [0, 0.05) is 0 Å². The monoisotopic (exact) mass is 897 g/mol. The summed E-state index contributed by atoms with van der Waals surface area (Å²) in [4.78, 5) is 0. The SMILES string of the molecule is CCCCCCCCCCCCCCCCCCOc1ccc(C)c(OCCCCCCCCCCCCCCCCCC)c1OCCCCCCCCCCCCCCCCCC. The van der Waals surface area contributed by atoms with E-state index < -0.39 is 0 Å². The smallest absolute Gasteiger partial charge is 0.203 e. The standard InChI is InChI=1S/C61H116O3/c1-5-8-11-14-17-20-23-26-29-32-35-38-41-44-47-50-55-62-59-54-53-58(4)60(63-56-51-48-45-42-39-36-33-30-27-24-21-18-15-12-9-6-2)61(59)64-57-52-49-46-43-40-37-34-31-28-25-22-19-16-13-10-7-3/h53-54H,5-52,55-57H2,1-4H3. The minimum absolute atomic E-state index is 0.743. The molecule has 0 amide bonds. The van der Waals surface area contributed by atoms with Crippen molar-refractivity contribution in [2.45, 2.75) is 336 Å². The summed E-state index contributed by atoms with van der Waals surface area (Å²) in [5.74, 6) is 2.65. The molecular weight excluding hydrogens is 781 g/mol. The van der Waals surface area contributed by atoms with E-state index in [0.717, 1.165) is 61.9 Å². The summed E-state index contributed by atoms with van der Waals surface area (Å²) in [5, 5.41) is 0. The summed E-state index contributed by atoms with van der Waals surface area (Å²) in [5.41, 5.74) is 1.16. The molecule has 0 atom stereocenters. The molecule has 0 saturated heterocycles. The Morgan fingerprint density at radius 2 is 0.438 bits per heavy atom. The van der Waals surface area contributed by atoms with Crippen LogP contribution in [0.4, 0.5) is 0 Å². The third kappa shape index (κ3) is 40.9. The Labute approximate surface area is 403 Å². The predicted octanol–water partition coefficient (Wildman–Crippen LogP) is 21.9. The number of rotatable bonds is 54. The van der Waals surface area contributed by atoms with Crippen molar-refractivity contribution in [3.63, 3.8) is 0 Å². The van der Waals surface area contributed by atoms with E-state index in [2.05, 4.69) is 39.8 Å². The maximum Gasteiger partial charge on any atom is 0.203 e. The quantitative estimate of drug-likeness (QED) is 0.0610. The van der Waals surface area contributed by atoms with E-state index in [4.69, 9.17) is 14.2 Å². The molecule has 3 nitrogen and oxygen atoms in total. The number of aryl methyl sites for hydroxylation is 1. The molecule has 1 rings (SSSR count). The molecule has 0 radical (unpaired) electrons. The highest BCUT2D eigenvalue weighted by molar-refractivity contribution is 5.55. The highest BCUT2D eigenvalue weighted by Crippen LogP contribution is 2.40. The lowest BCUT2D eigenvalue weighted by Gasteiger charge is -2.19. The number of ether oxygens (including phenoxy) is 3. The number of unbranched alkanes of at least 4 members (excludes halogenated alkanes) is 45. The Bertz CT molecular complexity index is 1040. The largest absolute Gasteiger partial charge is 0.490 e. The molecule has 0 unspecified atom stereocenters. The highest BCUT2D eigenvalue weighted by atomic mass is 16.5. The molecule has 1 aromatic carbocycles. The molecule has 0 heterocycles. The number of hydrogen-bond donors (Lipinski definition) is 0. The molecule has 0 aliphatic heterocycles. The van der Waals surface area contributed by atoms with Crippen LogP contribution in [0.3, 0.4) is 0 Å². The molecule has 0 N–H and O–H groups in total. The fraction of sp³-hybridized carbons (Fsp3) is 0.902. The number of hydrogen-bond acceptors (Lipinski definition) is 3. The first-order chi connectivity index (χ1) is 31.7. The molecule has 0 aromatic heterocycles. The predicted molar refractivity (Wildman–Crippen MR) is 286 cm³/mol. The first-order valence-corrected chi connectivity index (χ1v) is 29.8. The molecule has 0 aliphatic rings. The Balaban J connectivity index is 2.35. The Hall–Kier alpha value is -1.38. The van der Waals surface area contributed by atoms with Crippen LogP contribution in [0.2, 0.25) is 0 Å². The van der Waals surface area contributed by atoms with E-state index in [1.54, 1.807) is 0 Å². The fourth-order valence-electron chi connectivity index (χ4n) is 9.55. The van der Waals surface area contributed by atoms with Crippen LogP contribution in [-0.2, 0) is 0 Å². The van der Waals surface area contributed by atoms with E-state index in [-0.39, 0.29) is 0 Å². The van der Waals surface area contributed by atoms with Gasteiger partial charge < -0.3 is 14.2 Å². The maximum absolute atomic E-state index is 6.59. The highest BCUT2D eigenvalue weighted by Gasteiger charge is 2.16. The zero-order chi connectivity index (χ0) is 45.9. The van der Waals surface area contributed by atoms with Gasteiger partial charge in [0.15, 0.2) is 11.5 Å². The van der Waals surface area contributed by atoms with Gasteiger partial charge in [0.1, 0.15) is 0 Å². The zero-order valence-electron chi connectivity index (χ0n) is 44.4. The topological polar surface area (TPSA) is 27.7 Å². The summed E-state index contributed by atoms with van der Waals surface area (Å²) < 4.78 is 19.6. The van der Waals surface area contributed by atoms with Gasteiger partial charge in [-0.25, -0.2) is 0 Å². The second kappa shape index (κ2) is 51.0. The molecule has 3 heteroatoms. The van der Waals surface area contributed by atoms with Crippen molar-refractivity contribution in [3.8, 4) is 17.2 Å². The normalized spacial score (nSPS) is 11.5. The Morgan fingerprint density at radius 3 is 0.688 bits per heavy atom. The van der Waals surface area contributed by atoms with Crippen molar-refractivity contribution in [2.24, 2.45) is 0 Å². The van der Waals surface area contributed by atoms with Crippen molar-refractivity contribution < 1.29 is 14.2 Å².